The minimum Gasteiger partial charge on any atom is -0.395 e. The fourth-order valence-corrected chi connectivity index (χ4v) is 1.92. The summed E-state index contributed by atoms with van der Waals surface area (Å²) in [6.07, 6.45) is 1.81. The second kappa shape index (κ2) is 4.29. The minimum absolute atomic E-state index is 0.0554. The van der Waals surface area contributed by atoms with Crippen LogP contribution in [0.4, 0.5) is 15.8 Å². The molecule has 1 aliphatic heterocycles. The van der Waals surface area contributed by atoms with Gasteiger partial charge in [-0.1, -0.05) is 6.07 Å². The summed E-state index contributed by atoms with van der Waals surface area (Å²) in [6.45, 7) is 3.58. The van der Waals surface area contributed by atoms with Crippen LogP contribution in [0.5, 0.6) is 0 Å². The van der Waals surface area contributed by atoms with Crippen molar-refractivity contribution in [1.29, 1.82) is 0 Å². The lowest BCUT2D eigenvalue weighted by Crippen LogP contribution is -2.40. The van der Waals surface area contributed by atoms with Gasteiger partial charge in [0.1, 0.15) is 5.82 Å². The number of hydrogen-bond donors (Lipinski definition) is 2. The minimum atomic E-state index is -0.374. The van der Waals surface area contributed by atoms with E-state index in [-0.39, 0.29) is 17.0 Å². The highest BCUT2D eigenvalue weighted by atomic mass is 19.1. The van der Waals surface area contributed by atoms with Gasteiger partial charge in [-0.2, -0.15) is 0 Å². The van der Waals surface area contributed by atoms with E-state index in [1.807, 2.05) is 0 Å². The highest BCUT2D eigenvalue weighted by Gasteiger charge is 2.27. The van der Waals surface area contributed by atoms with Crippen LogP contribution in [0.2, 0.25) is 0 Å². The first kappa shape index (κ1) is 11.2. The summed E-state index contributed by atoms with van der Waals surface area (Å²) in [5.74, 6) is -0.374. The first-order chi connectivity index (χ1) is 7.61. The third-order valence-electron chi connectivity index (χ3n) is 3.09. The molecule has 3 N–H and O–H groups in total. The molecule has 0 unspecified atom stereocenters. The molecule has 1 fully saturated rings. The molecule has 0 bridgehead atoms. The topological polar surface area (TPSA) is 47.3 Å². The summed E-state index contributed by atoms with van der Waals surface area (Å²) in [6, 6.07) is 4.84. The standard InChI is InChI=1S/C12H17FN2O/c1-12(5-7-16-8-6-12)15-10-4-2-3-9(13)11(10)14/h2-4,15H,5-8,14H2,1H3. The van der Waals surface area contributed by atoms with Crippen molar-refractivity contribution in [3.8, 4) is 0 Å². The van der Waals surface area contributed by atoms with Crippen LogP contribution in [-0.4, -0.2) is 18.8 Å². The molecular formula is C12H17FN2O. The van der Waals surface area contributed by atoms with E-state index in [1.165, 1.54) is 6.07 Å². The van der Waals surface area contributed by atoms with Crippen LogP contribution in [0.3, 0.4) is 0 Å². The van der Waals surface area contributed by atoms with Gasteiger partial charge in [0.15, 0.2) is 0 Å². The number of nitrogens with two attached hydrogens (primary N) is 1. The van der Waals surface area contributed by atoms with Gasteiger partial charge in [0, 0.05) is 18.8 Å². The van der Waals surface area contributed by atoms with Crippen molar-refractivity contribution in [2.75, 3.05) is 24.3 Å². The molecule has 0 radical (unpaired) electrons. The maximum Gasteiger partial charge on any atom is 0.148 e. The molecule has 4 heteroatoms. The molecule has 16 heavy (non-hydrogen) atoms. The Bertz CT molecular complexity index is 375. The molecule has 88 valence electrons. The van der Waals surface area contributed by atoms with Gasteiger partial charge in [0.05, 0.1) is 11.4 Å². The van der Waals surface area contributed by atoms with Crippen molar-refractivity contribution < 1.29 is 9.13 Å². The highest BCUT2D eigenvalue weighted by molar-refractivity contribution is 5.67. The number of hydrogen-bond acceptors (Lipinski definition) is 3. The number of para-hydroxylation sites is 1. The second-order valence-corrected chi connectivity index (χ2v) is 4.50. The molecule has 1 aromatic carbocycles. The lowest BCUT2D eigenvalue weighted by atomic mass is 9.92. The van der Waals surface area contributed by atoms with E-state index in [0.29, 0.717) is 5.69 Å². The molecular weight excluding hydrogens is 207 g/mol. The van der Waals surface area contributed by atoms with Gasteiger partial charge >= 0.3 is 0 Å². The zero-order valence-electron chi connectivity index (χ0n) is 9.42. The molecule has 0 atom stereocenters. The maximum absolute atomic E-state index is 13.3. The summed E-state index contributed by atoms with van der Waals surface area (Å²) in [5.41, 5.74) is 6.50. The number of nitrogen functional groups attached to an aromatic ring is 1. The largest absolute Gasteiger partial charge is 0.395 e. The van der Waals surface area contributed by atoms with Crippen LogP contribution in [0, 0.1) is 5.82 Å². The van der Waals surface area contributed by atoms with Crippen molar-refractivity contribution in [1.82, 2.24) is 0 Å². The first-order valence-corrected chi connectivity index (χ1v) is 5.51. The van der Waals surface area contributed by atoms with Crippen molar-refractivity contribution >= 4 is 11.4 Å². The quantitative estimate of drug-likeness (QED) is 0.758. The zero-order chi connectivity index (χ0) is 11.6. The number of halogens is 1. The van der Waals surface area contributed by atoms with Gasteiger partial charge in [-0.15, -0.1) is 0 Å². The smallest absolute Gasteiger partial charge is 0.148 e. The Kier molecular flexibility index (Phi) is 3.01. The number of nitrogens with one attached hydrogen (secondary N) is 1. The van der Waals surface area contributed by atoms with Crippen LogP contribution in [0.25, 0.3) is 0 Å². The van der Waals surface area contributed by atoms with E-state index in [1.54, 1.807) is 12.1 Å². The fraction of sp³-hybridized carbons (Fsp3) is 0.500. The Morgan fingerprint density at radius 2 is 2.06 bits per heavy atom. The van der Waals surface area contributed by atoms with Gasteiger partial charge in [-0.25, -0.2) is 4.39 Å². The van der Waals surface area contributed by atoms with Crippen LogP contribution in [0.1, 0.15) is 19.8 Å². The summed E-state index contributed by atoms with van der Waals surface area (Å²) in [5, 5.41) is 3.32. The van der Waals surface area contributed by atoms with Crippen molar-refractivity contribution in [3.05, 3.63) is 24.0 Å². The Hall–Kier alpha value is -1.29. The van der Waals surface area contributed by atoms with Crippen LogP contribution in [0.15, 0.2) is 18.2 Å². The van der Waals surface area contributed by atoms with Crippen LogP contribution in [-0.2, 0) is 4.74 Å². The normalized spacial score (nSPS) is 19.4. The Balaban J connectivity index is 2.16. The first-order valence-electron chi connectivity index (χ1n) is 5.51. The Morgan fingerprint density at radius 3 is 2.75 bits per heavy atom. The molecule has 0 spiro atoms. The van der Waals surface area contributed by atoms with Gasteiger partial charge < -0.3 is 15.8 Å². The van der Waals surface area contributed by atoms with Crippen LogP contribution >= 0.6 is 0 Å². The number of ether oxygens (including phenoxy) is 1. The average Bonchev–Trinajstić information content (AvgIpc) is 2.26. The summed E-state index contributed by atoms with van der Waals surface area (Å²) < 4.78 is 18.6. The molecule has 1 saturated heterocycles. The maximum atomic E-state index is 13.3. The van der Waals surface area contributed by atoms with Crippen molar-refractivity contribution in [2.24, 2.45) is 0 Å². The fourth-order valence-electron chi connectivity index (χ4n) is 1.92. The molecule has 0 aliphatic carbocycles. The summed E-state index contributed by atoms with van der Waals surface area (Å²) in [4.78, 5) is 0. The Morgan fingerprint density at radius 1 is 1.38 bits per heavy atom. The molecule has 0 saturated carbocycles. The van der Waals surface area contributed by atoms with E-state index in [2.05, 4.69) is 12.2 Å². The highest BCUT2D eigenvalue weighted by Crippen LogP contribution is 2.29. The third kappa shape index (κ3) is 2.27. The predicted molar refractivity (Wildman–Crippen MR) is 62.9 cm³/mol. The molecule has 3 nitrogen and oxygen atoms in total. The van der Waals surface area contributed by atoms with E-state index in [0.717, 1.165) is 26.1 Å². The van der Waals surface area contributed by atoms with Gasteiger partial charge in [-0.3, -0.25) is 0 Å². The van der Waals surface area contributed by atoms with E-state index in [4.69, 9.17) is 10.5 Å². The monoisotopic (exact) mass is 224 g/mol. The van der Waals surface area contributed by atoms with Crippen molar-refractivity contribution in [2.45, 2.75) is 25.3 Å². The van der Waals surface area contributed by atoms with Gasteiger partial charge in [0.25, 0.3) is 0 Å². The number of anilines is 2. The van der Waals surface area contributed by atoms with Gasteiger partial charge in [0.2, 0.25) is 0 Å². The molecule has 1 heterocycles. The molecule has 2 rings (SSSR count). The second-order valence-electron chi connectivity index (χ2n) is 4.50. The lowest BCUT2D eigenvalue weighted by Gasteiger charge is -2.35. The van der Waals surface area contributed by atoms with E-state index in [9.17, 15) is 4.39 Å². The van der Waals surface area contributed by atoms with Gasteiger partial charge in [-0.05, 0) is 31.9 Å². The number of benzene rings is 1. The zero-order valence-corrected chi connectivity index (χ0v) is 9.42. The van der Waals surface area contributed by atoms with Crippen molar-refractivity contribution in [3.63, 3.8) is 0 Å². The third-order valence-corrected chi connectivity index (χ3v) is 3.09. The lowest BCUT2D eigenvalue weighted by molar-refractivity contribution is 0.0658. The molecule has 0 aromatic heterocycles. The summed E-state index contributed by atoms with van der Waals surface area (Å²) in [7, 11) is 0. The Labute approximate surface area is 94.8 Å². The van der Waals surface area contributed by atoms with Crippen LogP contribution < -0.4 is 11.1 Å². The predicted octanol–water partition coefficient (Wildman–Crippen LogP) is 2.39. The summed E-state index contributed by atoms with van der Waals surface area (Å²) >= 11 is 0. The molecule has 1 aromatic rings. The average molecular weight is 224 g/mol. The van der Waals surface area contributed by atoms with E-state index >= 15 is 0 Å². The SMILES string of the molecule is CC1(Nc2cccc(F)c2N)CCOCC1. The van der Waals surface area contributed by atoms with E-state index < -0.39 is 0 Å². The molecule has 1 aliphatic rings. The molecule has 0 amide bonds. The number of rotatable bonds is 2.